The van der Waals surface area contributed by atoms with Gasteiger partial charge in [0.15, 0.2) is 0 Å². The van der Waals surface area contributed by atoms with Gasteiger partial charge in [-0.05, 0) is 96.9 Å². The number of aromatic nitrogens is 2. The summed E-state index contributed by atoms with van der Waals surface area (Å²) in [5, 5.41) is 0. The monoisotopic (exact) mass is 745 g/mol. The van der Waals surface area contributed by atoms with Gasteiger partial charge in [0.25, 0.3) is 0 Å². The predicted molar refractivity (Wildman–Crippen MR) is 184 cm³/mol. The molecule has 0 spiro atoms. The van der Waals surface area contributed by atoms with E-state index in [1.807, 2.05) is 24.3 Å². The average Bonchev–Trinajstić information content (AvgIpc) is 3.44. The van der Waals surface area contributed by atoms with Crippen LogP contribution in [-0.2, 0) is 22.2 Å². The molecule has 1 unspecified atom stereocenters. The normalized spacial score (nSPS) is 24.4. The van der Waals surface area contributed by atoms with Crippen LogP contribution < -0.4 is 11.4 Å². The number of amides is 2. The molecule has 3 N–H and O–H groups in total. The van der Waals surface area contributed by atoms with E-state index in [1.54, 1.807) is 14.4 Å². The lowest BCUT2D eigenvalue weighted by Gasteiger charge is -2.51. The first kappa shape index (κ1) is 34.1. The number of carbonyl (C=O) groups is 2. The Balaban J connectivity index is 1.05. The van der Waals surface area contributed by atoms with Crippen molar-refractivity contribution in [1.29, 1.82) is 0 Å². The van der Waals surface area contributed by atoms with Crippen LogP contribution in [0.4, 0.5) is 18.9 Å². The van der Waals surface area contributed by atoms with Gasteiger partial charge < -0.3 is 25.4 Å². The summed E-state index contributed by atoms with van der Waals surface area (Å²) in [6.45, 7) is 6.75. The number of hydrogen-bond acceptors (Lipinski definition) is 6. The van der Waals surface area contributed by atoms with Crippen LogP contribution in [0, 0.1) is 11.8 Å². The maximum Gasteiger partial charge on any atom is 0.418 e. The van der Waals surface area contributed by atoms with Crippen molar-refractivity contribution < 1.29 is 22.8 Å². The zero-order chi connectivity index (χ0) is 34.4. The number of piperidine rings is 4. The second kappa shape index (κ2) is 13.7. The Hall–Kier alpha value is -3.36. The molecule has 2 atom stereocenters. The van der Waals surface area contributed by atoms with Crippen molar-refractivity contribution in [1.82, 2.24) is 29.2 Å². The number of alkyl halides is 3. The van der Waals surface area contributed by atoms with Crippen molar-refractivity contribution in [2.75, 3.05) is 64.6 Å². The number of nitrogens with zero attached hydrogens (tertiary/aromatic N) is 5. The lowest BCUT2D eigenvalue weighted by Crippen LogP contribution is -2.61. The van der Waals surface area contributed by atoms with E-state index in [0.29, 0.717) is 56.5 Å². The molecule has 0 saturated carbocycles. The highest BCUT2D eigenvalue weighted by molar-refractivity contribution is 9.10. The van der Waals surface area contributed by atoms with Crippen LogP contribution in [0.15, 0.2) is 45.7 Å². The summed E-state index contributed by atoms with van der Waals surface area (Å²) in [6, 6.07) is 10.4. The van der Waals surface area contributed by atoms with Crippen LogP contribution in [0.1, 0.15) is 49.3 Å². The van der Waals surface area contributed by atoms with E-state index in [-0.39, 0.29) is 40.9 Å². The van der Waals surface area contributed by atoms with E-state index >= 15 is 0 Å². The van der Waals surface area contributed by atoms with E-state index in [0.717, 1.165) is 49.8 Å². The smallest absolute Gasteiger partial charge is 0.397 e. The van der Waals surface area contributed by atoms with Crippen molar-refractivity contribution in [2.24, 2.45) is 11.8 Å². The van der Waals surface area contributed by atoms with Crippen LogP contribution in [0.2, 0.25) is 0 Å². The number of anilines is 1. The number of piperazine rings is 1. The van der Waals surface area contributed by atoms with Crippen molar-refractivity contribution in [2.45, 2.75) is 56.8 Å². The zero-order valence-corrected chi connectivity index (χ0v) is 29.0. The number of rotatable bonds is 7. The van der Waals surface area contributed by atoms with E-state index in [1.165, 1.54) is 18.9 Å². The molecule has 3 aromatic rings. The number of halogens is 4. The van der Waals surface area contributed by atoms with E-state index in [2.05, 4.69) is 30.7 Å². The van der Waals surface area contributed by atoms with Gasteiger partial charge in [-0.2, -0.15) is 13.2 Å². The third kappa shape index (κ3) is 7.01. The topological polar surface area (TPSA) is 111 Å². The Morgan fingerprint density at radius 1 is 0.939 bits per heavy atom. The largest absolute Gasteiger partial charge is 0.418 e. The quantitative estimate of drug-likeness (QED) is 0.349. The van der Waals surface area contributed by atoms with Crippen LogP contribution in [0.3, 0.4) is 0 Å². The molecule has 49 heavy (non-hydrogen) atoms. The maximum atomic E-state index is 14.2. The summed E-state index contributed by atoms with van der Waals surface area (Å²) in [7, 11) is 0. The average molecular weight is 747 g/mol. The van der Waals surface area contributed by atoms with Crippen LogP contribution in [-0.4, -0.2) is 106 Å². The van der Waals surface area contributed by atoms with Gasteiger partial charge >= 0.3 is 11.9 Å². The first-order valence-corrected chi connectivity index (χ1v) is 18.1. The zero-order valence-electron chi connectivity index (χ0n) is 27.4. The molecule has 5 aliphatic heterocycles. The second-order valence-corrected chi connectivity index (χ2v) is 15.0. The van der Waals surface area contributed by atoms with Gasteiger partial charge in [-0.1, -0.05) is 12.1 Å². The number of hydrogen-bond donors (Lipinski definition) is 2. The number of nitrogens with two attached hydrogens (primary N) is 1. The van der Waals surface area contributed by atoms with Crippen molar-refractivity contribution >= 4 is 44.5 Å². The molecule has 5 aliphatic rings. The summed E-state index contributed by atoms with van der Waals surface area (Å²) >= 11 is 3.18. The SMILES string of the molecule is Nc1c(Br)cc(C[C@@H](CC(=O)N2CCC(n3c(=O)[nH]c4ccccc43)CC2)C(=O)N2CCN(C3CN4CCC3CC4)CC2)cc1C(F)(F)F. The van der Waals surface area contributed by atoms with Crippen LogP contribution in [0.25, 0.3) is 11.0 Å². The number of imidazole rings is 1. The highest BCUT2D eigenvalue weighted by atomic mass is 79.9. The minimum Gasteiger partial charge on any atom is -0.397 e. The fourth-order valence-corrected chi connectivity index (χ4v) is 9.10. The van der Waals surface area contributed by atoms with Crippen LogP contribution in [0.5, 0.6) is 0 Å². The number of benzene rings is 2. The van der Waals surface area contributed by atoms with Crippen molar-refractivity contribution in [3.8, 4) is 0 Å². The summed E-state index contributed by atoms with van der Waals surface area (Å²) < 4.78 is 43.5. The summed E-state index contributed by atoms with van der Waals surface area (Å²) in [4.78, 5) is 52.2. The molecule has 2 aromatic carbocycles. The fraction of sp³-hybridized carbons (Fsp3) is 0.571. The molecule has 5 saturated heterocycles. The molecule has 2 amide bonds. The molecule has 2 bridgehead atoms. The minimum absolute atomic E-state index is 0.0202. The molecule has 10 nitrogen and oxygen atoms in total. The highest BCUT2D eigenvalue weighted by Gasteiger charge is 2.40. The molecule has 1 aromatic heterocycles. The summed E-state index contributed by atoms with van der Waals surface area (Å²) in [5.41, 5.74) is 6.10. The number of para-hydroxylation sites is 2. The third-order valence-electron chi connectivity index (χ3n) is 11.3. The van der Waals surface area contributed by atoms with Gasteiger partial charge in [0.2, 0.25) is 11.8 Å². The molecule has 264 valence electrons. The van der Waals surface area contributed by atoms with E-state index in [9.17, 15) is 27.6 Å². The first-order valence-electron chi connectivity index (χ1n) is 17.3. The number of nitrogens with one attached hydrogen (secondary N) is 1. The molecule has 14 heteroatoms. The number of nitrogen functional groups attached to an aromatic ring is 1. The summed E-state index contributed by atoms with van der Waals surface area (Å²) in [5.74, 6) is -0.562. The number of aromatic amines is 1. The van der Waals surface area contributed by atoms with Gasteiger partial charge in [-0.3, -0.25) is 19.1 Å². The predicted octanol–water partition coefficient (Wildman–Crippen LogP) is 4.34. The van der Waals surface area contributed by atoms with Gasteiger partial charge in [-0.25, -0.2) is 4.79 Å². The lowest BCUT2D eigenvalue weighted by atomic mass is 9.83. The summed E-state index contributed by atoms with van der Waals surface area (Å²) in [6.07, 6.45) is -1.23. The Kier molecular flexibility index (Phi) is 9.57. The molecule has 8 rings (SSSR count). The highest BCUT2D eigenvalue weighted by Crippen LogP contribution is 2.39. The molecule has 0 aliphatic carbocycles. The molecular weight excluding hydrogens is 703 g/mol. The Morgan fingerprint density at radius 3 is 2.29 bits per heavy atom. The Labute approximate surface area is 291 Å². The first-order chi connectivity index (χ1) is 23.5. The van der Waals surface area contributed by atoms with Gasteiger partial charge in [0, 0.05) is 68.8 Å². The number of H-pyrrole nitrogens is 1. The maximum absolute atomic E-state index is 14.2. The minimum atomic E-state index is -4.67. The van der Waals surface area contributed by atoms with Gasteiger partial charge in [0.1, 0.15) is 0 Å². The Morgan fingerprint density at radius 2 is 1.63 bits per heavy atom. The fourth-order valence-electron chi connectivity index (χ4n) is 8.59. The molecule has 0 radical (unpaired) electrons. The van der Waals surface area contributed by atoms with Gasteiger partial charge in [0.05, 0.1) is 28.2 Å². The van der Waals surface area contributed by atoms with Gasteiger partial charge in [-0.15, -0.1) is 0 Å². The number of likely N-dealkylation sites (tertiary alicyclic amines) is 1. The molecule has 6 heterocycles. The standard InChI is InChI=1S/C35H43BrF3N7O3/c36-27-19-22(18-26(32(27)40)35(37,38)39)17-24(33(48)45-15-13-43(14-16-45)30-21-42-9-5-23(30)6-10-42)20-31(47)44-11-7-25(8-12-44)46-29-4-2-1-3-28(29)41-34(46)49/h1-4,18-19,23-25,30H,5-17,20-21,40H2,(H,41,49)/t24-,30?/m0/s1. The molecule has 5 fully saturated rings. The lowest BCUT2D eigenvalue weighted by molar-refractivity contribution is -0.143. The Bertz CT molecular complexity index is 1750. The molecular formula is C35H43BrF3N7O3. The number of fused-ring (bicyclic) bond motifs is 4. The van der Waals surface area contributed by atoms with E-state index in [4.69, 9.17) is 5.73 Å². The van der Waals surface area contributed by atoms with E-state index < -0.39 is 23.3 Å². The van der Waals surface area contributed by atoms with Crippen molar-refractivity contribution in [3.63, 3.8) is 0 Å². The van der Waals surface area contributed by atoms with Crippen molar-refractivity contribution in [3.05, 3.63) is 62.5 Å². The van der Waals surface area contributed by atoms with Crippen LogP contribution >= 0.6 is 15.9 Å². The number of carbonyl (C=O) groups excluding carboxylic acids is 2. The third-order valence-corrected chi connectivity index (χ3v) is 11.9. The second-order valence-electron chi connectivity index (χ2n) is 14.1.